The van der Waals surface area contributed by atoms with Crippen LogP contribution in [0.5, 0.6) is 0 Å². The summed E-state index contributed by atoms with van der Waals surface area (Å²) in [5, 5.41) is 9.43. The van der Waals surface area contributed by atoms with E-state index in [1.54, 1.807) is 6.07 Å². The van der Waals surface area contributed by atoms with Gasteiger partial charge < -0.3 is 14.6 Å². The fourth-order valence-corrected chi connectivity index (χ4v) is 4.00. The van der Waals surface area contributed by atoms with Crippen LogP contribution in [0, 0.1) is 17.7 Å². The number of benzene rings is 1. The minimum Gasteiger partial charge on any atom is -0.477 e. The highest BCUT2D eigenvalue weighted by atomic mass is 19.1. The largest absolute Gasteiger partial charge is 0.477 e. The van der Waals surface area contributed by atoms with Gasteiger partial charge in [-0.05, 0) is 43.2 Å². The molecular weight excluding hydrogens is 311 g/mol. The highest BCUT2D eigenvalue weighted by Crippen LogP contribution is 2.47. The van der Waals surface area contributed by atoms with Gasteiger partial charge in [-0.1, -0.05) is 0 Å². The molecule has 6 heteroatoms. The molecule has 2 aromatic rings. The molecule has 1 N–H and O–H groups in total. The number of anilines is 1. The van der Waals surface area contributed by atoms with Crippen molar-refractivity contribution in [3.05, 3.63) is 39.9 Å². The molecule has 0 spiro atoms. The lowest BCUT2D eigenvalue weighted by Gasteiger charge is -2.22. The molecule has 0 bridgehead atoms. The van der Waals surface area contributed by atoms with Gasteiger partial charge in [-0.15, -0.1) is 0 Å². The maximum atomic E-state index is 14.6. The minimum atomic E-state index is -1.26. The van der Waals surface area contributed by atoms with Crippen LogP contribution in [0.2, 0.25) is 0 Å². The molecule has 2 atom stereocenters. The van der Waals surface area contributed by atoms with Gasteiger partial charge in [-0.2, -0.15) is 0 Å². The smallest absolute Gasteiger partial charge is 0.341 e. The number of carbonyl (C=O) groups is 1. The van der Waals surface area contributed by atoms with Gasteiger partial charge in [0.05, 0.1) is 11.2 Å². The van der Waals surface area contributed by atoms with Gasteiger partial charge in [-0.25, -0.2) is 9.18 Å². The molecule has 3 aliphatic rings. The Morgan fingerprint density at radius 2 is 1.92 bits per heavy atom. The number of halogens is 1. The predicted molar refractivity (Wildman–Crippen MR) is 87.2 cm³/mol. The van der Waals surface area contributed by atoms with Crippen molar-refractivity contribution in [1.82, 2.24) is 4.57 Å². The van der Waals surface area contributed by atoms with Gasteiger partial charge in [0, 0.05) is 30.7 Å². The van der Waals surface area contributed by atoms with Crippen LogP contribution in [0.1, 0.15) is 35.7 Å². The number of aromatic nitrogens is 1. The van der Waals surface area contributed by atoms with Gasteiger partial charge in [0.15, 0.2) is 0 Å². The van der Waals surface area contributed by atoms with E-state index in [-0.39, 0.29) is 17.0 Å². The first kappa shape index (κ1) is 14.0. The number of aromatic carboxylic acids is 1. The molecular formula is C18H17FN2O3. The number of pyridine rings is 1. The molecule has 5 nitrogen and oxygen atoms in total. The molecule has 0 amide bonds. The van der Waals surface area contributed by atoms with Crippen LogP contribution in [0.3, 0.4) is 0 Å². The summed E-state index contributed by atoms with van der Waals surface area (Å²) in [6, 6.07) is 3.17. The van der Waals surface area contributed by atoms with Crippen molar-refractivity contribution in [1.29, 1.82) is 0 Å². The molecule has 124 valence electrons. The minimum absolute atomic E-state index is 0.160. The molecule has 5 rings (SSSR count). The molecule has 2 saturated carbocycles. The summed E-state index contributed by atoms with van der Waals surface area (Å²) >= 11 is 0. The molecule has 1 aromatic carbocycles. The van der Waals surface area contributed by atoms with Gasteiger partial charge in [0.1, 0.15) is 11.4 Å². The van der Waals surface area contributed by atoms with Crippen molar-refractivity contribution >= 4 is 22.6 Å². The van der Waals surface area contributed by atoms with E-state index < -0.39 is 17.2 Å². The van der Waals surface area contributed by atoms with Crippen LogP contribution in [-0.2, 0) is 0 Å². The zero-order chi connectivity index (χ0) is 16.6. The maximum absolute atomic E-state index is 14.6. The topological polar surface area (TPSA) is 62.5 Å². The van der Waals surface area contributed by atoms with Crippen LogP contribution in [0.4, 0.5) is 10.1 Å². The Hall–Kier alpha value is -2.37. The lowest BCUT2D eigenvalue weighted by atomic mass is 10.1. The van der Waals surface area contributed by atoms with E-state index in [0.717, 1.165) is 25.9 Å². The first-order chi connectivity index (χ1) is 11.5. The normalized spacial score (nSPS) is 25.1. The zero-order valence-electron chi connectivity index (χ0n) is 13.0. The van der Waals surface area contributed by atoms with Gasteiger partial charge in [0.2, 0.25) is 5.43 Å². The Labute approximate surface area is 137 Å². The van der Waals surface area contributed by atoms with Gasteiger partial charge >= 0.3 is 5.97 Å². The molecule has 0 radical (unpaired) electrons. The van der Waals surface area contributed by atoms with Crippen LogP contribution < -0.4 is 10.3 Å². The average molecular weight is 328 g/mol. The van der Waals surface area contributed by atoms with E-state index in [9.17, 15) is 19.1 Å². The van der Waals surface area contributed by atoms with Crippen LogP contribution in [0.15, 0.2) is 23.1 Å². The summed E-state index contributed by atoms with van der Waals surface area (Å²) in [5.74, 6) is -0.341. The van der Waals surface area contributed by atoms with E-state index in [4.69, 9.17) is 0 Å². The number of hydrogen-bond donors (Lipinski definition) is 1. The maximum Gasteiger partial charge on any atom is 0.341 e. The lowest BCUT2D eigenvalue weighted by Crippen LogP contribution is -2.24. The number of hydrogen-bond acceptors (Lipinski definition) is 3. The van der Waals surface area contributed by atoms with E-state index >= 15 is 0 Å². The number of nitrogens with zero attached hydrogens (tertiary/aromatic N) is 2. The van der Waals surface area contributed by atoms with Crippen molar-refractivity contribution in [3.8, 4) is 0 Å². The molecule has 2 aliphatic carbocycles. The van der Waals surface area contributed by atoms with Crippen molar-refractivity contribution in [2.45, 2.75) is 25.3 Å². The number of piperidine rings is 1. The summed E-state index contributed by atoms with van der Waals surface area (Å²) in [5.41, 5.74) is 0.282. The Balaban J connectivity index is 1.73. The van der Waals surface area contributed by atoms with Crippen molar-refractivity contribution in [2.24, 2.45) is 11.8 Å². The summed E-state index contributed by atoms with van der Waals surface area (Å²) in [7, 11) is 0. The SMILES string of the molecule is O=C(O)c1cn(C2CC2)c2cc(N3CC4CC4C3)c(F)cc2c1=O. The first-order valence-electron chi connectivity index (χ1n) is 8.39. The second-order valence-corrected chi connectivity index (χ2v) is 7.30. The fourth-order valence-electron chi connectivity index (χ4n) is 4.00. The lowest BCUT2D eigenvalue weighted by molar-refractivity contribution is 0.0695. The highest BCUT2D eigenvalue weighted by Gasteiger charge is 2.45. The molecule has 1 aromatic heterocycles. The molecule has 2 unspecified atom stereocenters. The van der Waals surface area contributed by atoms with E-state index in [2.05, 4.69) is 4.90 Å². The molecule has 1 saturated heterocycles. The van der Waals surface area contributed by atoms with Crippen molar-refractivity contribution < 1.29 is 14.3 Å². The quantitative estimate of drug-likeness (QED) is 0.941. The average Bonchev–Trinajstić information content (AvgIpc) is 3.47. The first-order valence-corrected chi connectivity index (χ1v) is 8.39. The summed E-state index contributed by atoms with van der Waals surface area (Å²) in [6.45, 7) is 1.74. The predicted octanol–water partition coefficient (Wildman–Crippen LogP) is 2.63. The fraction of sp³-hybridized carbons (Fsp3) is 0.444. The Bertz CT molecular complexity index is 937. The Morgan fingerprint density at radius 1 is 1.21 bits per heavy atom. The molecule has 2 heterocycles. The second-order valence-electron chi connectivity index (χ2n) is 7.30. The van der Waals surface area contributed by atoms with Crippen LogP contribution in [-0.4, -0.2) is 28.7 Å². The molecule has 3 fully saturated rings. The van der Waals surface area contributed by atoms with Crippen molar-refractivity contribution in [2.75, 3.05) is 18.0 Å². The van der Waals surface area contributed by atoms with Crippen LogP contribution >= 0.6 is 0 Å². The summed E-state index contributed by atoms with van der Waals surface area (Å²) < 4.78 is 16.5. The van der Waals surface area contributed by atoms with Gasteiger partial charge in [0.25, 0.3) is 0 Å². The third-order valence-electron chi connectivity index (χ3n) is 5.59. The van der Waals surface area contributed by atoms with Crippen LogP contribution in [0.25, 0.3) is 10.9 Å². The monoisotopic (exact) mass is 328 g/mol. The Morgan fingerprint density at radius 3 is 2.54 bits per heavy atom. The molecule has 24 heavy (non-hydrogen) atoms. The highest BCUT2D eigenvalue weighted by molar-refractivity contribution is 5.93. The Kier molecular flexibility index (Phi) is 2.68. The van der Waals surface area contributed by atoms with E-state index in [0.29, 0.717) is 23.0 Å². The van der Waals surface area contributed by atoms with Crippen molar-refractivity contribution in [3.63, 3.8) is 0 Å². The summed E-state index contributed by atoms with van der Waals surface area (Å²) in [6.07, 6.45) is 4.57. The third-order valence-corrected chi connectivity index (χ3v) is 5.59. The number of rotatable bonds is 3. The number of fused-ring (bicyclic) bond motifs is 2. The van der Waals surface area contributed by atoms with E-state index in [1.807, 2.05) is 4.57 Å². The molecule has 1 aliphatic heterocycles. The number of carboxylic acids is 1. The zero-order valence-corrected chi connectivity index (χ0v) is 13.0. The van der Waals surface area contributed by atoms with Gasteiger partial charge in [-0.3, -0.25) is 4.79 Å². The summed E-state index contributed by atoms with van der Waals surface area (Å²) in [4.78, 5) is 25.8. The van der Waals surface area contributed by atoms with E-state index in [1.165, 1.54) is 18.7 Å². The second kappa shape index (κ2) is 4.59. The standard InChI is InChI=1S/C18H17FN2O3/c19-14-4-12-15(5-16(14)20-6-9-3-10(9)7-20)21(11-1-2-11)8-13(17(12)22)18(23)24/h4-5,8-11H,1-3,6-7H2,(H,23,24). The third kappa shape index (κ3) is 1.98. The number of carboxylic acid groups (broad SMARTS) is 1.